The van der Waals surface area contributed by atoms with E-state index in [1.807, 2.05) is 27.1 Å². The molecule has 0 saturated heterocycles. The van der Waals surface area contributed by atoms with E-state index in [0.717, 1.165) is 28.6 Å². The number of anilines is 3. The second-order valence-electron chi connectivity index (χ2n) is 9.49. The molecule has 2 aromatic carbocycles. The van der Waals surface area contributed by atoms with E-state index in [0.29, 0.717) is 18.3 Å². The number of halogens is 4. The van der Waals surface area contributed by atoms with Crippen LogP contribution in [0.2, 0.25) is 0 Å². The first kappa shape index (κ1) is 27.9. The highest BCUT2D eigenvalue weighted by molar-refractivity contribution is 6.05. The largest absolute Gasteiger partial charge is 0.419 e. The van der Waals surface area contributed by atoms with Gasteiger partial charge in [0.2, 0.25) is 0 Å². The third-order valence-corrected chi connectivity index (χ3v) is 6.34. The van der Waals surface area contributed by atoms with Gasteiger partial charge in [-0.1, -0.05) is 6.07 Å². The zero-order chi connectivity index (χ0) is 28.5. The number of nitrogens with one attached hydrogen (secondary N) is 4. The van der Waals surface area contributed by atoms with Crippen LogP contribution in [0.15, 0.2) is 42.7 Å². The molecule has 9 nitrogen and oxygen atoms in total. The molecule has 0 aliphatic carbocycles. The van der Waals surface area contributed by atoms with Crippen molar-refractivity contribution in [2.24, 2.45) is 7.05 Å². The summed E-state index contributed by atoms with van der Waals surface area (Å²) < 4.78 is 57.1. The Labute approximate surface area is 223 Å². The molecule has 1 aliphatic rings. The van der Waals surface area contributed by atoms with Crippen molar-refractivity contribution in [3.8, 4) is 0 Å². The maximum absolute atomic E-state index is 14.6. The fraction of sp³-hybridized carbons (Fsp3) is 0.308. The number of hydrogen-bond donors (Lipinski definition) is 4. The van der Waals surface area contributed by atoms with E-state index in [1.165, 1.54) is 0 Å². The fourth-order valence-electron chi connectivity index (χ4n) is 4.00. The van der Waals surface area contributed by atoms with Crippen LogP contribution in [0.25, 0.3) is 5.70 Å². The molecule has 0 saturated carbocycles. The van der Waals surface area contributed by atoms with Gasteiger partial charge in [-0.15, -0.1) is 5.53 Å². The lowest BCUT2D eigenvalue weighted by Crippen LogP contribution is -2.36. The van der Waals surface area contributed by atoms with Crippen molar-refractivity contribution in [1.29, 1.82) is 0 Å². The van der Waals surface area contributed by atoms with Crippen LogP contribution in [0.5, 0.6) is 0 Å². The highest BCUT2D eigenvalue weighted by Crippen LogP contribution is 2.37. The maximum atomic E-state index is 14.6. The lowest BCUT2D eigenvalue weighted by Gasteiger charge is -2.19. The molecule has 1 amide bonds. The lowest BCUT2D eigenvalue weighted by atomic mass is 10.1. The first-order valence-corrected chi connectivity index (χ1v) is 12.1. The molecule has 0 fully saturated rings. The van der Waals surface area contributed by atoms with Crippen molar-refractivity contribution in [2.45, 2.75) is 20.0 Å². The summed E-state index contributed by atoms with van der Waals surface area (Å²) in [5.41, 5.74) is 8.42. The summed E-state index contributed by atoms with van der Waals surface area (Å²) >= 11 is 0. The monoisotopic (exact) mass is 546 g/mol. The Hall–Kier alpha value is -4.10. The number of alkyl halides is 3. The molecule has 1 aliphatic heterocycles. The summed E-state index contributed by atoms with van der Waals surface area (Å²) in [7, 11) is 5.42. The molecule has 2 heterocycles. The van der Waals surface area contributed by atoms with Crippen molar-refractivity contribution in [3.05, 3.63) is 76.5 Å². The number of aromatic nitrogens is 2. The molecule has 3 aromatic rings. The predicted molar refractivity (Wildman–Crippen MR) is 142 cm³/mol. The molecular weight excluding hydrogens is 516 g/mol. The van der Waals surface area contributed by atoms with E-state index in [9.17, 15) is 22.4 Å². The number of benzene rings is 2. The molecular formula is C26H30F4N8O. The predicted octanol–water partition coefficient (Wildman–Crippen LogP) is 4.25. The van der Waals surface area contributed by atoms with Gasteiger partial charge in [0, 0.05) is 48.8 Å². The molecule has 0 unspecified atom stereocenters. The van der Waals surface area contributed by atoms with Gasteiger partial charge >= 0.3 is 6.18 Å². The molecule has 208 valence electrons. The number of aryl methyl sites for hydroxylation is 2. The van der Waals surface area contributed by atoms with Crippen LogP contribution >= 0.6 is 0 Å². The second-order valence-corrected chi connectivity index (χ2v) is 9.49. The van der Waals surface area contributed by atoms with E-state index in [4.69, 9.17) is 0 Å². The number of likely N-dealkylation sites (N-methyl/N-ethyl adjacent to an activating group) is 1. The summed E-state index contributed by atoms with van der Waals surface area (Å²) in [6.07, 6.45) is -1.39. The van der Waals surface area contributed by atoms with Crippen LogP contribution in [-0.2, 0) is 13.2 Å². The van der Waals surface area contributed by atoms with Crippen LogP contribution in [0, 0.1) is 19.7 Å². The molecule has 0 bridgehead atoms. The number of rotatable bonds is 8. The number of carbonyl (C=O) groups is 1. The topological polar surface area (TPSA) is 89.5 Å². The van der Waals surface area contributed by atoms with Gasteiger partial charge in [-0.3, -0.25) is 14.5 Å². The zero-order valence-corrected chi connectivity index (χ0v) is 22.2. The van der Waals surface area contributed by atoms with Crippen LogP contribution in [0.4, 0.5) is 34.6 Å². The lowest BCUT2D eigenvalue weighted by molar-refractivity contribution is -0.139. The summed E-state index contributed by atoms with van der Waals surface area (Å²) in [6.45, 7) is 4.48. The van der Waals surface area contributed by atoms with Gasteiger partial charge in [0.05, 0.1) is 28.8 Å². The molecule has 0 atom stereocenters. The van der Waals surface area contributed by atoms with E-state index >= 15 is 0 Å². The van der Waals surface area contributed by atoms with Gasteiger partial charge in [0.15, 0.2) is 5.82 Å². The van der Waals surface area contributed by atoms with E-state index < -0.39 is 23.5 Å². The number of nitrogens with zero attached hydrogens (tertiary/aromatic N) is 4. The van der Waals surface area contributed by atoms with Crippen molar-refractivity contribution in [2.75, 3.05) is 42.8 Å². The van der Waals surface area contributed by atoms with Gasteiger partial charge < -0.3 is 21.0 Å². The third-order valence-electron chi connectivity index (χ3n) is 6.34. The highest BCUT2D eigenvalue weighted by atomic mass is 19.4. The van der Waals surface area contributed by atoms with Gasteiger partial charge in [-0.25, -0.2) is 4.39 Å². The Morgan fingerprint density at radius 2 is 1.90 bits per heavy atom. The second kappa shape index (κ2) is 10.9. The first-order chi connectivity index (χ1) is 18.3. The van der Waals surface area contributed by atoms with Gasteiger partial charge in [-0.2, -0.15) is 18.3 Å². The zero-order valence-electron chi connectivity index (χ0n) is 22.2. The molecule has 1 aromatic heterocycles. The quantitative estimate of drug-likeness (QED) is 0.314. The Balaban J connectivity index is 1.59. The van der Waals surface area contributed by atoms with Crippen molar-refractivity contribution in [1.82, 2.24) is 25.6 Å². The number of amides is 1. The van der Waals surface area contributed by atoms with Crippen LogP contribution in [0.1, 0.15) is 32.7 Å². The molecule has 0 spiro atoms. The highest BCUT2D eigenvalue weighted by Gasteiger charge is 2.36. The molecule has 0 radical (unpaired) electrons. The SMILES string of the molecule is Cc1ccc(C(=O)Nc2cc(NCCN(C)C)c(F)c(C(F)(F)F)c2)cc1N1C=C(c2cnn(C)c2C)NN1. The van der Waals surface area contributed by atoms with Gasteiger partial charge in [0.25, 0.3) is 5.91 Å². The van der Waals surface area contributed by atoms with Gasteiger partial charge in [0.1, 0.15) is 0 Å². The molecule has 39 heavy (non-hydrogen) atoms. The van der Waals surface area contributed by atoms with Crippen LogP contribution < -0.4 is 26.6 Å². The number of hydrazine groups is 2. The van der Waals surface area contributed by atoms with Crippen LogP contribution in [0.3, 0.4) is 0 Å². The Morgan fingerprint density at radius 1 is 1.15 bits per heavy atom. The summed E-state index contributed by atoms with van der Waals surface area (Å²) in [5.74, 6) is -2.06. The third kappa shape index (κ3) is 6.15. The minimum Gasteiger partial charge on any atom is -0.381 e. The molecule has 4 rings (SSSR count). The van der Waals surface area contributed by atoms with Crippen LogP contribution in [-0.4, -0.2) is 47.8 Å². The molecule has 13 heteroatoms. The summed E-state index contributed by atoms with van der Waals surface area (Å²) in [6, 6.07) is 6.66. The maximum Gasteiger partial charge on any atom is 0.419 e. The minimum absolute atomic E-state index is 0.182. The summed E-state index contributed by atoms with van der Waals surface area (Å²) in [5, 5.41) is 11.1. The Kier molecular flexibility index (Phi) is 7.84. The fourth-order valence-corrected chi connectivity index (χ4v) is 4.00. The van der Waals surface area contributed by atoms with Gasteiger partial charge in [-0.05, 0) is 57.8 Å². The normalized spacial score (nSPS) is 13.5. The van der Waals surface area contributed by atoms with E-state index in [1.54, 1.807) is 53.1 Å². The molecule has 4 N–H and O–H groups in total. The average molecular weight is 547 g/mol. The van der Waals surface area contributed by atoms with E-state index in [-0.39, 0.29) is 23.5 Å². The Morgan fingerprint density at radius 3 is 2.54 bits per heavy atom. The standard InChI is InChI=1S/C26H30F4N8O/c1-15-6-7-17(10-23(15)38-14-22(34-35-38)19-13-32-37(5)16(19)2)25(39)33-18-11-20(26(28,29)30)24(27)21(12-18)31-8-9-36(3)4/h6-7,10-14,31,34-35H,8-9H2,1-5H3,(H,33,39). The van der Waals surface area contributed by atoms with E-state index in [2.05, 4.69) is 26.7 Å². The average Bonchev–Trinajstić information content (AvgIpc) is 3.47. The number of hydrogen-bond acceptors (Lipinski definition) is 7. The smallest absolute Gasteiger partial charge is 0.381 e. The van der Waals surface area contributed by atoms with Crippen molar-refractivity contribution in [3.63, 3.8) is 0 Å². The van der Waals surface area contributed by atoms with Crippen molar-refractivity contribution < 1.29 is 22.4 Å². The summed E-state index contributed by atoms with van der Waals surface area (Å²) in [4.78, 5) is 14.9. The van der Waals surface area contributed by atoms with Crippen molar-refractivity contribution >= 4 is 28.7 Å². The minimum atomic E-state index is -4.94. The number of carbonyl (C=O) groups excluding carboxylic acids is 1. The Bertz CT molecular complexity index is 1410. The first-order valence-electron chi connectivity index (χ1n) is 12.1.